The van der Waals surface area contributed by atoms with E-state index in [4.69, 9.17) is 0 Å². The van der Waals surface area contributed by atoms with Crippen LogP contribution in [0.4, 0.5) is 11.4 Å². The summed E-state index contributed by atoms with van der Waals surface area (Å²) < 4.78 is 0. The van der Waals surface area contributed by atoms with Crippen LogP contribution in [0.3, 0.4) is 0 Å². The Balaban J connectivity index is 1.33. The number of anilines is 2. The summed E-state index contributed by atoms with van der Waals surface area (Å²) in [6.07, 6.45) is 8.99. The van der Waals surface area contributed by atoms with E-state index in [1.807, 2.05) is 6.07 Å². The third-order valence-corrected chi connectivity index (χ3v) is 9.43. The van der Waals surface area contributed by atoms with Crippen LogP contribution in [-0.2, 0) is 0 Å². The maximum absolute atomic E-state index is 3.59. The van der Waals surface area contributed by atoms with Crippen LogP contribution < -0.4 is 5.32 Å². The van der Waals surface area contributed by atoms with Gasteiger partial charge in [-0.15, -0.1) is 0 Å². The third-order valence-electron chi connectivity index (χ3n) is 9.43. The molecule has 0 aromatic heterocycles. The van der Waals surface area contributed by atoms with Gasteiger partial charge in [0, 0.05) is 11.4 Å². The molecule has 9 rings (SSSR count). The molecule has 0 aliphatic heterocycles. The van der Waals surface area contributed by atoms with Crippen molar-refractivity contribution in [2.24, 2.45) is 0 Å². The highest BCUT2D eigenvalue weighted by atomic mass is 14.9. The fourth-order valence-electron chi connectivity index (χ4n) is 7.55. The maximum atomic E-state index is 3.59. The van der Waals surface area contributed by atoms with Crippen LogP contribution in [0.2, 0.25) is 0 Å². The van der Waals surface area contributed by atoms with Crippen LogP contribution in [0.5, 0.6) is 0 Å². The van der Waals surface area contributed by atoms with Crippen molar-refractivity contribution in [3.63, 3.8) is 0 Å². The van der Waals surface area contributed by atoms with Crippen molar-refractivity contribution in [1.82, 2.24) is 0 Å². The predicted octanol–water partition coefficient (Wildman–Crippen LogP) is 12.5. The number of hydrogen-bond donors (Lipinski definition) is 1. The highest BCUT2D eigenvalue weighted by molar-refractivity contribution is 6.27. The van der Waals surface area contributed by atoms with Gasteiger partial charge in [0.2, 0.25) is 0 Å². The highest BCUT2D eigenvalue weighted by Crippen LogP contribution is 2.58. The summed E-state index contributed by atoms with van der Waals surface area (Å²) in [7, 11) is 0. The summed E-state index contributed by atoms with van der Waals surface area (Å²) in [4.78, 5) is 0. The van der Waals surface area contributed by atoms with Crippen LogP contribution in [0, 0.1) is 0 Å². The van der Waals surface area contributed by atoms with Crippen molar-refractivity contribution in [2.75, 3.05) is 5.32 Å². The van der Waals surface area contributed by atoms with E-state index in [1.165, 1.54) is 77.2 Å². The molecule has 0 bridgehead atoms. The molecular formula is C44H31N. The molecule has 0 atom stereocenters. The van der Waals surface area contributed by atoms with E-state index < -0.39 is 0 Å². The van der Waals surface area contributed by atoms with Crippen molar-refractivity contribution in [3.8, 4) is 44.5 Å². The van der Waals surface area contributed by atoms with Gasteiger partial charge >= 0.3 is 0 Å². The second-order valence-electron chi connectivity index (χ2n) is 12.0. The van der Waals surface area contributed by atoms with Crippen LogP contribution >= 0.6 is 0 Å². The van der Waals surface area contributed by atoms with E-state index in [9.17, 15) is 0 Å². The first-order valence-electron chi connectivity index (χ1n) is 15.8. The quantitative estimate of drug-likeness (QED) is 0.216. The first kappa shape index (κ1) is 25.8. The molecule has 0 heterocycles. The summed E-state index contributed by atoms with van der Waals surface area (Å²) in [6.45, 7) is 0. The number of benzene rings is 7. The molecule has 0 saturated heterocycles. The van der Waals surface area contributed by atoms with Gasteiger partial charge in [-0.25, -0.2) is 0 Å². The largest absolute Gasteiger partial charge is 0.356 e. The van der Waals surface area contributed by atoms with Crippen LogP contribution in [0.25, 0.3) is 71.6 Å². The van der Waals surface area contributed by atoms with Gasteiger partial charge in [-0.3, -0.25) is 0 Å². The minimum atomic E-state index is 1.05. The summed E-state index contributed by atoms with van der Waals surface area (Å²) in [5, 5.41) is 8.89. The fourth-order valence-corrected chi connectivity index (χ4v) is 7.55. The van der Waals surface area contributed by atoms with Crippen molar-refractivity contribution in [2.45, 2.75) is 12.8 Å². The summed E-state index contributed by atoms with van der Waals surface area (Å²) in [5.41, 5.74) is 15.5. The zero-order valence-corrected chi connectivity index (χ0v) is 24.9. The zero-order chi connectivity index (χ0) is 29.7. The monoisotopic (exact) mass is 573 g/mol. The number of rotatable bonds is 5. The first-order valence-corrected chi connectivity index (χ1v) is 15.8. The SMILES string of the molecule is C1=CCCC(c2c3c(c(-c4ccccc4)c4ccccc24)-c2ccc(-c4cccc(Nc5ccccc5)c4)c4cccc-3c24)=C1. The van der Waals surface area contributed by atoms with Gasteiger partial charge in [0.25, 0.3) is 0 Å². The van der Waals surface area contributed by atoms with Crippen molar-refractivity contribution >= 4 is 38.5 Å². The topological polar surface area (TPSA) is 12.0 Å². The fraction of sp³-hybridized carbons (Fsp3) is 0.0455. The number of nitrogens with one attached hydrogen (secondary N) is 1. The Morgan fingerprint density at radius 2 is 1.07 bits per heavy atom. The lowest BCUT2D eigenvalue weighted by atomic mass is 9.81. The van der Waals surface area contributed by atoms with E-state index in [0.29, 0.717) is 0 Å². The van der Waals surface area contributed by atoms with E-state index in [0.717, 1.165) is 24.2 Å². The van der Waals surface area contributed by atoms with Gasteiger partial charge in [0.15, 0.2) is 0 Å². The van der Waals surface area contributed by atoms with E-state index >= 15 is 0 Å². The number of allylic oxidation sites excluding steroid dienone is 4. The standard InChI is InChI=1S/C44H31N/c1-4-14-29(15-5-1)40-36-22-10-11-23-37(36)41(30-16-6-2-7-17-30)44-39-27-26-34(35-24-13-25-38(42(35)39)43(40)44)31-18-12-21-33(28-31)45-32-19-8-3-9-20-32/h1-4,6-14,16-28,45H,5,15H2. The summed E-state index contributed by atoms with van der Waals surface area (Å²) in [5.74, 6) is 0. The lowest BCUT2D eigenvalue weighted by Gasteiger charge is -2.22. The second-order valence-corrected chi connectivity index (χ2v) is 12.0. The molecule has 1 heteroatoms. The Morgan fingerprint density at radius 3 is 1.87 bits per heavy atom. The Labute approximate surface area is 263 Å². The lowest BCUT2D eigenvalue weighted by Crippen LogP contribution is -1.97. The minimum Gasteiger partial charge on any atom is -0.356 e. The molecule has 0 saturated carbocycles. The van der Waals surface area contributed by atoms with Crippen molar-refractivity contribution in [1.29, 1.82) is 0 Å². The van der Waals surface area contributed by atoms with Crippen molar-refractivity contribution < 1.29 is 0 Å². The minimum absolute atomic E-state index is 1.05. The molecule has 45 heavy (non-hydrogen) atoms. The van der Waals surface area contributed by atoms with Crippen LogP contribution in [0.1, 0.15) is 18.4 Å². The Kier molecular flexibility index (Phi) is 6.02. The van der Waals surface area contributed by atoms with Gasteiger partial charge in [-0.05, 0) is 114 Å². The molecule has 0 spiro atoms. The van der Waals surface area contributed by atoms with Crippen LogP contribution in [-0.4, -0.2) is 0 Å². The second kappa shape index (κ2) is 10.5. The molecule has 7 aromatic carbocycles. The number of hydrogen-bond acceptors (Lipinski definition) is 1. The average molecular weight is 574 g/mol. The molecule has 2 aliphatic carbocycles. The molecule has 1 nitrogen and oxygen atoms in total. The first-order chi connectivity index (χ1) is 22.3. The Bertz CT molecular complexity index is 2320. The highest BCUT2D eigenvalue weighted by Gasteiger charge is 2.31. The normalized spacial score (nSPS) is 13.2. The van der Waals surface area contributed by atoms with Gasteiger partial charge < -0.3 is 5.32 Å². The van der Waals surface area contributed by atoms with Gasteiger partial charge in [0.05, 0.1) is 0 Å². The molecular weight excluding hydrogens is 542 g/mol. The smallest absolute Gasteiger partial charge is 0.0390 e. The molecule has 0 radical (unpaired) electrons. The summed E-state index contributed by atoms with van der Waals surface area (Å²) >= 11 is 0. The predicted molar refractivity (Wildman–Crippen MR) is 193 cm³/mol. The Morgan fingerprint density at radius 1 is 0.444 bits per heavy atom. The molecule has 0 amide bonds. The average Bonchev–Trinajstić information content (AvgIpc) is 3.43. The van der Waals surface area contributed by atoms with Crippen molar-refractivity contribution in [3.05, 3.63) is 163 Å². The van der Waals surface area contributed by atoms with Gasteiger partial charge in [-0.1, -0.05) is 133 Å². The summed E-state index contributed by atoms with van der Waals surface area (Å²) in [6, 6.07) is 50.8. The lowest BCUT2D eigenvalue weighted by molar-refractivity contribution is 1.06. The van der Waals surface area contributed by atoms with E-state index in [1.54, 1.807) is 0 Å². The molecule has 0 unspecified atom stereocenters. The molecule has 7 aromatic rings. The van der Waals surface area contributed by atoms with E-state index in [-0.39, 0.29) is 0 Å². The molecule has 1 N–H and O–H groups in total. The zero-order valence-electron chi connectivity index (χ0n) is 24.9. The third kappa shape index (κ3) is 4.16. The van der Waals surface area contributed by atoms with Gasteiger partial charge in [-0.2, -0.15) is 0 Å². The van der Waals surface area contributed by atoms with Crippen LogP contribution in [0.15, 0.2) is 158 Å². The maximum Gasteiger partial charge on any atom is 0.0390 e. The molecule has 212 valence electrons. The molecule has 2 aliphatic rings. The van der Waals surface area contributed by atoms with Gasteiger partial charge in [0.1, 0.15) is 0 Å². The van der Waals surface area contributed by atoms with E-state index in [2.05, 4.69) is 157 Å². The number of para-hydroxylation sites is 1. The molecule has 0 fully saturated rings. The number of fused-ring (bicyclic) bond motifs is 4. The Hall–Kier alpha value is -5.66.